The SMILES string of the molecule is Cc1cc(F)ccc1NC(=O)C1CC(=O)N(c2ccc3c(c2)OCCO3)C1. The van der Waals surface area contributed by atoms with Gasteiger partial charge >= 0.3 is 0 Å². The van der Waals surface area contributed by atoms with Crippen LogP contribution in [0.5, 0.6) is 11.5 Å². The predicted octanol–water partition coefficient (Wildman–Crippen LogP) is 2.90. The summed E-state index contributed by atoms with van der Waals surface area (Å²) in [4.78, 5) is 26.6. The Morgan fingerprint density at radius 1 is 1.15 bits per heavy atom. The van der Waals surface area contributed by atoms with Crippen molar-refractivity contribution in [1.82, 2.24) is 0 Å². The molecule has 2 aliphatic rings. The molecule has 0 aliphatic carbocycles. The van der Waals surface area contributed by atoms with Crippen LogP contribution in [0.4, 0.5) is 15.8 Å². The molecule has 1 atom stereocenters. The number of nitrogens with one attached hydrogen (secondary N) is 1. The Morgan fingerprint density at radius 3 is 2.70 bits per heavy atom. The Morgan fingerprint density at radius 2 is 1.93 bits per heavy atom. The largest absolute Gasteiger partial charge is 0.486 e. The predicted molar refractivity (Wildman–Crippen MR) is 97.7 cm³/mol. The van der Waals surface area contributed by atoms with Crippen LogP contribution < -0.4 is 19.7 Å². The second-order valence-electron chi connectivity index (χ2n) is 6.68. The van der Waals surface area contributed by atoms with Crippen molar-refractivity contribution < 1.29 is 23.5 Å². The van der Waals surface area contributed by atoms with E-state index in [2.05, 4.69) is 5.32 Å². The molecule has 0 aromatic heterocycles. The number of nitrogens with zero attached hydrogens (tertiary/aromatic N) is 1. The van der Waals surface area contributed by atoms with E-state index in [1.165, 1.54) is 18.2 Å². The molecule has 1 N–H and O–H groups in total. The number of carbonyl (C=O) groups is 2. The van der Waals surface area contributed by atoms with E-state index < -0.39 is 5.92 Å². The van der Waals surface area contributed by atoms with Gasteiger partial charge in [-0.3, -0.25) is 9.59 Å². The third-order valence-corrected chi connectivity index (χ3v) is 4.78. The first-order chi connectivity index (χ1) is 13.0. The van der Waals surface area contributed by atoms with E-state index in [0.29, 0.717) is 41.7 Å². The van der Waals surface area contributed by atoms with E-state index in [1.54, 1.807) is 30.0 Å². The number of benzene rings is 2. The Labute approximate surface area is 155 Å². The Balaban J connectivity index is 1.48. The fourth-order valence-electron chi connectivity index (χ4n) is 3.33. The third-order valence-electron chi connectivity index (χ3n) is 4.78. The first-order valence-corrected chi connectivity index (χ1v) is 8.78. The summed E-state index contributed by atoms with van der Waals surface area (Å²) in [5.41, 5.74) is 1.86. The molecule has 0 radical (unpaired) electrons. The summed E-state index contributed by atoms with van der Waals surface area (Å²) in [7, 11) is 0. The fourth-order valence-corrected chi connectivity index (χ4v) is 3.33. The van der Waals surface area contributed by atoms with E-state index in [-0.39, 0.29) is 30.6 Å². The van der Waals surface area contributed by atoms with Gasteiger partial charge < -0.3 is 19.7 Å². The summed E-state index contributed by atoms with van der Waals surface area (Å²) in [6, 6.07) is 9.50. The minimum absolute atomic E-state index is 0.123. The Kier molecular flexibility index (Phi) is 4.43. The number of rotatable bonds is 3. The molecule has 0 bridgehead atoms. The first kappa shape index (κ1) is 17.3. The number of hydrogen-bond acceptors (Lipinski definition) is 4. The number of carbonyl (C=O) groups excluding carboxylic acids is 2. The molecule has 2 aromatic rings. The van der Waals surface area contributed by atoms with Crippen molar-refractivity contribution in [2.24, 2.45) is 5.92 Å². The molecule has 1 saturated heterocycles. The molecule has 2 aromatic carbocycles. The molecule has 2 amide bonds. The monoisotopic (exact) mass is 370 g/mol. The number of anilines is 2. The number of fused-ring (bicyclic) bond motifs is 1. The van der Waals surface area contributed by atoms with Crippen LogP contribution in [-0.2, 0) is 9.59 Å². The zero-order valence-corrected chi connectivity index (χ0v) is 14.8. The summed E-state index contributed by atoms with van der Waals surface area (Å²) < 4.78 is 24.3. The van der Waals surface area contributed by atoms with Gasteiger partial charge in [0, 0.05) is 30.4 Å². The van der Waals surface area contributed by atoms with Crippen LogP contribution in [0.3, 0.4) is 0 Å². The highest BCUT2D eigenvalue weighted by molar-refractivity contribution is 6.03. The molecule has 0 saturated carbocycles. The highest BCUT2D eigenvalue weighted by Crippen LogP contribution is 2.36. The van der Waals surface area contributed by atoms with E-state index in [4.69, 9.17) is 9.47 Å². The lowest BCUT2D eigenvalue weighted by molar-refractivity contribution is -0.122. The normalized spacial score (nSPS) is 18.5. The van der Waals surface area contributed by atoms with Gasteiger partial charge in [-0.1, -0.05) is 0 Å². The number of aryl methyl sites for hydroxylation is 1. The van der Waals surface area contributed by atoms with Crippen molar-refractivity contribution in [2.45, 2.75) is 13.3 Å². The van der Waals surface area contributed by atoms with Crippen LogP contribution in [0.15, 0.2) is 36.4 Å². The molecule has 2 heterocycles. The minimum atomic E-state index is -0.477. The van der Waals surface area contributed by atoms with Crippen LogP contribution in [-0.4, -0.2) is 31.6 Å². The molecule has 27 heavy (non-hydrogen) atoms. The van der Waals surface area contributed by atoms with Crippen molar-refractivity contribution in [3.8, 4) is 11.5 Å². The van der Waals surface area contributed by atoms with E-state index in [9.17, 15) is 14.0 Å². The second-order valence-corrected chi connectivity index (χ2v) is 6.68. The Hall–Kier alpha value is -3.09. The molecule has 4 rings (SSSR count). The average molecular weight is 370 g/mol. The van der Waals surface area contributed by atoms with Gasteiger partial charge in [0.2, 0.25) is 11.8 Å². The molecular weight excluding hydrogens is 351 g/mol. The molecule has 1 unspecified atom stereocenters. The van der Waals surface area contributed by atoms with Gasteiger partial charge in [0.15, 0.2) is 11.5 Å². The van der Waals surface area contributed by atoms with Gasteiger partial charge in [-0.25, -0.2) is 4.39 Å². The molecule has 1 fully saturated rings. The number of halogens is 1. The van der Waals surface area contributed by atoms with Crippen LogP contribution in [0.2, 0.25) is 0 Å². The van der Waals surface area contributed by atoms with Crippen LogP contribution in [0.25, 0.3) is 0 Å². The summed E-state index contributed by atoms with van der Waals surface area (Å²) >= 11 is 0. The number of ether oxygens (including phenoxy) is 2. The Bertz CT molecular complexity index is 915. The van der Waals surface area contributed by atoms with Gasteiger partial charge in [-0.2, -0.15) is 0 Å². The average Bonchev–Trinajstić information content (AvgIpc) is 3.05. The van der Waals surface area contributed by atoms with Gasteiger partial charge in [0.25, 0.3) is 0 Å². The minimum Gasteiger partial charge on any atom is -0.486 e. The summed E-state index contributed by atoms with van der Waals surface area (Å²) in [6.07, 6.45) is 0.126. The highest BCUT2D eigenvalue weighted by atomic mass is 19.1. The van der Waals surface area contributed by atoms with Crippen LogP contribution >= 0.6 is 0 Å². The summed E-state index contributed by atoms with van der Waals surface area (Å²) in [5.74, 6) is 0.0429. The van der Waals surface area contributed by atoms with Gasteiger partial charge in [0.1, 0.15) is 19.0 Å². The number of amides is 2. The highest BCUT2D eigenvalue weighted by Gasteiger charge is 2.35. The summed E-state index contributed by atoms with van der Waals surface area (Å²) in [6.45, 7) is 2.97. The second kappa shape index (κ2) is 6.90. The lowest BCUT2D eigenvalue weighted by Crippen LogP contribution is -2.28. The van der Waals surface area contributed by atoms with E-state index >= 15 is 0 Å². The van der Waals surface area contributed by atoms with Crippen molar-refractivity contribution >= 4 is 23.2 Å². The maximum absolute atomic E-state index is 13.2. The molecule has 2 aliphatic heterocycles. The quantitative estimate of drug-likeness (QED) is 0.902. The molecule has 0 spiro atoms. The lowest BCUT2D eigenvalue weighted by Gasteiger charge is -2.22. The molecule has 6 nitrogen and oxygen atoms in total. The van der Waals surface area contributed by atoms with Crippen molar-refractivity contribution in [3.05, 3.63) is 47.8 Å². The first-order valence-electron chi connectivity index (χ1n) is 8.78. The standard InChI is InChI=1S/C20H19FN2O4/c1-12-8-14(21)2-4-16(12)22-20(25)13-9-19(24)23(11-13)15-3-5-17-18(10-15)27-7-6-26-17/h2-5,8,10,13H,6-7,9,11H2,1H3,(H,22,25). The van der Waals surface area contributed by atoms with E-state index in [1.807, 2.05) is 0 Å². The molecule has 7 heteroatoms. The third kappa shape index (κ3) is 3.45. The molecule has 140 valence electrons. The lowest BCUT2D eigenvalue weighted by atomic mass is 10.1. The smallest absolute Gasteiger partial charge is 0.229 e. The van der Waals surface area contributed by atoms with Crippen molar-refractivity contribution in [2.75, 3.05) is 30.0 Å². The van der Waals surface area contributed by atoms with Crippen LogP contribution in [0.1, 0.15) is 12.0 Å². The van der Waals surface area contributed by atoms with Crippen molar-refractivity contribution in [1.29, 1.82) is 0 Å². The topological polar surface area (TPSA) is 67.9 Å². The van der Waals surface area contributed by atoms with Crippen LogP contribution in [0, 0.1) is 18.7 Å². The molecular formula is C20H19FN2O4. The number of hydrogen-bond donors (Lipinski definition) is 1. The zero-order valence-electron chi connectivity index (χ0n) is 14.8. The van der Waals surface area contributed by atoms with Crippen molar-refractivity contribution in [3.63, 3.8) is 0 Å². The maximum atomic E-state index is 13.2. The van der Waals surface area contributed by atoms with Gasteiger partial charge in [0.05, 0.1) is 5.92 Å². The van der Waals surface area contributed by atoms with Gasteiger partial charge in [-0.05, 0) is 42.8 Å². The zero-order chi connectivity index (χ0) is 19.0. The summed E-state index contributed by atoms with van der Waals surface area (Å²) in [5, 5.41) is 2.79. The fraction of sp³-hybridized carbons (Fsp3) is 0.300. The van der Waals surface area contributed by atoms with E-state index in [0.717, 1.165) is 0 Å². The maximum Gasteiger partial charge on any atom is 0.229 e. The van der Waals surface area contributed by atoms with Gasteiger partial charge in [-0.15, -0.1) is 0 Å².